The Morgan fingerprint density at radius 2 is 1.95 bits per heavy atom. The molecule has 1 rings (SSSR count). The topological polar surface area (TPSA) is 87.0 Å². The highest BCUT2D eigenvalue weighted by molar-refractivity contribution is 7.99. The van der Waals surface area contributed by atoms with Gasteiger partial charge in [-0.25, -0.2) is 0 Å². The Bertz CT molecular complexity index is 438. The number of aliphatic hydroxyl groups excluding tert-OH is 2. The second-order valence-electron chi connectivity index (χ2n) is 5.17. The maximum absolute atomic E-state index is 11.8. The summed E-state index contributed by atoms with van der Waals surface area (Å²) in [6.07, 6.45) is -0.692. The van der Waals surface area contributed by atoms with Crippen LogP contribution in [0.4, 0.5) is 0 Å². The van der Waals surface area contributed by atoms with E-state index < -0.39 is 11.7 Å². The average Bonchev–Trinajstić information content (AvgIpc) is 2.45. The molecule has 0 saturated heterocycles. The maximum atomic E-state index is 11.8. The normalized spacial score (nSPS) is 13.0. The number of hydrogen-bond acceptors (Lipinski definition) is 6. The van der Waals surface area contributed by atoms with Gasteiger partial charge in [0.15, 0.2) is 5.78 Å². The fraction of sp³-hybridized carbons (Fsp3) is 0.533. The molecule has 0 amide bonds. The second-order valence-corrected chi connectivity index (χ2v) is 6.32. The fourth-order valence-electron chi connectivity index (χ4n) is 1.55. The predicted molar refractivity (Wildman–Crippen MR) is 83.0 cm³/mol. The molecule has 0 bridgehead atoms. The van der Waals surface area contributed by atoms with E-state index in [1.165, 1.54) is 25.6 Å². The summed E-state index contributed by atoms with van der Waals surface area (Å²) in [6, 6.07) is 6.62. The van der Waals surface area contributed by atoms with E-state index in [1.54, 1.807) is 24.3 Å². The smallest absolute Gasteiger partial charge is 0.193 e. The van der Waals surface area contributed by atoms with Crippen molar-refractivity contribution in [2.75, 3.05) is 24.7 Å². The third-order valence-electron chi connectivity index (χ3n) is 2.69. The molecular weight excluding hydrogens is 292 g/mol. The monoisotopic (exact) mass is 314 g/mol. The zero-order valence-corrected chi connectivity index (χ0v) is 13.1. The van der Waals surface area contributed by atoms with Gasteiger partial charge in [-0.1, -0.05) is 0 Å². The summed E-state index contributed by atoms with van der Waals surface area (Å²) < 4.78 is 5.50. The van der Waals surface area contributed by atoms with E-state index in [-0.39, 0.29) is 12.4 Å². The van der Waals surface area contributed by atoms with Gasteiger partial charge in [-0.15, -0.1) is 0 Å². The third kappa shape index (κ3) is 6.48. The van der Waals surface area contributed by atoms with E-state index in [2.05, 4.69) is 0 Å². The van der Waals surface area contributed by atoms with E-state index in [0.717, 1.165) is 0 Å². The number of carbonyl (C=O) groups is 1. The highest BCUT2D eigenvalue weighted by Gasteiger charge is 2.24. The van der Waals surface area contributed by atoms with E-state index in [0.29, 0.717) is 29.4 Å². The maximum Gasteiger partial charge on any atom is 0.193 e. The second kappa shape index (κ2) is 8.38. The summed E-state index contributed by atoms with van der Waals surface area (Å²) in [6.45, 7) is 3.15. The lowest BCUT2D eigenvalue weighted by atomic mass is 9.97. The molecule has 0 aliphatic carbocycles. The van der Waals surface area contributed by atoms with Crippen LogP contribution in [0.15, 0.2) is 24.3 Å². The van der Waals surface area contributed by atoms with Gasteiger partial charge in [-0.3, -0.25) is 4.79 Å². The molecule has 6 heteroatoms. The Hall–Kier alpha value is -1.08. The van der Waals surface area contributed by atoms with Gasteiger partial charge in [0.25, 0.3) is 0 Å². The average molecular weight is 314 g/mol. The zero-order valence-electron chi connectivity index (χ0n) is 12.3. The number of carbonyl (C=O) groups excluding carboxylic acids is 1. The zero-order chi connectivity index (χ0) is 15.9. The van der Waals surface area contributed by atoms with Crippen LogP contribution in [0.1, 0.15) is 24.2 Å². The number of hydrogen-bond donors (Lipinski definition) is 3. The van der Waals surface area contributed by atoms with Crippen molar-refractivity contribution in [1.29, 1.82) is 0 Å². The number of aliphatic hydroxyl groups is 3. The van der Waals surface area contributed by atoms with Crippen LogP contribution in [0.5, 0.6) is 5.75 Å². The molecule has 0 aliphatic rings. The number of rotatable bonds is 9. The first kappa shape index (κ1) is 18.0. The Kier molecular flexibility index (Phi) is 7.17. The first-order valence-electron chi connectivity index (χ1n) is 6.71. The van der Waals surface area contributed by atoms with Crippen molar-refractivity contribution in [2.24, 2.45) is 0 Å². The quantitative estimate of drug-likeness (QED) is 0.467. The van der Waals surface area contributed by atoms with Gasteiger partial charge < -0.3 is 20.1 Å². The van der Waals surface area contributed by atoms with Crippen LogP contribution < -0.4 is 4.74 Å². The van der Waals surface area contributed by atoms with Gasteiger partial charge in [0.05, 0.1) is 19.3 Å². The van der Waals surface area contributed by atoms with Crippen molar-refractivity contribution in [2.45, 2.75) is 25.6 Å². The number of thioether (sulfide) groups is 1. The molecule has 0 spiro atoms. The van der Waals surface area contributed by atoms with Crippen LogP contribution >= 0.6 is 11.8 Å². The Morgan fingerprint density at radius 3 is 2.48 bits per heavy atom. The third-order valence-corrected chi connectivity index (χ3v) is 3.77. The number of ether oxygens (including phenoxy) is 1. The summed E-state index contributed by atoms with van der Waals surface area (Å²) in [5.41, 5.74) is -0.942. The van der Waals surface area contributed by atoms with Crippen LogP contribution in [0.25, 0.3) is 0 Å². The van der Waals surface area contributed by atoms with Gasteiger partial charge in [0, 0.05) is 17.1 Å². The highest BCUT2D eigenvalue weighted by Crippen LogP contribution is 2.17. The predicted octanol–water partition coefficient (Wildman–Crippen LogP) is 1.11. The van der Waals surface area contributed by atoms with Crippen LogP contribution in [-0.2, 0) is 0 Å². The number of ketones is 1. The molecule has 0 aromatic heterocycles. The lowest BCUT2D eigenvalue weighted by Crippen LogP contribution is -2.30. The van der Waals surface area contributed by atoms with Crippen LogP contribution in [-0.4, -0.2) is 57.5 Å². The number of benzene rings is 1. The van der Waals surface area contributed by atoms with Gasteiger partial charge in [0.1, 0.15) is 11.4 Å². The SMILES string of the molecule is CC(C)(O)C(=O)c1ccc(OCCSCC(O)CO)cc1. The van der Waals surface area contributed by atoms with E-state index in [9.17, 15) is 9.90 Å². The molecule has 0 fully saturated rings. The molecule has 1 unspecified atom stereocenters. The standard InChI is InChI=1S/C15H22O5S/c1-15(2,19)14(18)11-3-5-13(6-4-11)20-7-8-21-10-12(17)9-16/h3-6,12,16-17,19H,7-10H2,1-2H3. The van der Waals surface area contributed by atoms with E-state index in [1.807, 2.05) is 0 Å². The summed E-state index contributed by atoms with van der Waals surface area (Å²) in [5, 5.41) is 27.5. The molecule has 118 valence electrons. The molecule has 21 heavy (non-hydrogen) atoms. The molecule has 1 aromatic rings. The lowest BCUT2D eigenvalue weighted by molar-refractivity contribution is 0.0488. The summed E-state index contributed by atoms with van der Waals surface area (Å²) >= 11 is 1.49. The summed E-state index contributed by atoms with van der Waals surface area (Å²) in [5.74, 6) is 1.48. The van der Waals surface area contributed by atoms with Crippen LogP contribution in [0.3, 0.4) is 0 Å². The Balaban J connectivity index is 2.37. The van der Waals surface area contributed by atoms with Crippen LogP contribution in [0.2, 0.25) is 0 Å². The van der Waals surface area contributed by atoms with Gasteiger partial charge in [-0.2, -0.15) is 11.8 Å². The van der Waals surface area contributed by atoms with Crippen molar-refractivity contribution >= 4 is 17.5 Å². The van der Waals surface area contributed by atoms with Crippen molar-refractivity contribution in [3.8, 4) is 5.75 Å². The summed E-state index contributed by atoms with van der Waals surface area (Å²) in [4.78, 5) is 11.8. The molecule has 3 N–H and O–H groups in total. The van der Waals surface area contributed by atoms with Crippen molar-refractivity contribution in [3.63, 3.8) is 0 Å². The minimum Gasteiger partial charge on any atom is -0.493 e. The van der Waals surface area contributed by atoms with Crippen molar-refractivity contribution < 1.29 is 24.9 Å². The molecule has 0 saturated carbocycles. The Morgan fingerprint density at radius 1 is 1.33 bits per heavy atom. The molecule has 1 aromatic carbocycles. The molecule has 0 aliphatic heterocycles. The Labute approximate surface area is 128 Å². The molecule has 1 atom stereocenters. The molecule has 0 heterocycles. The minimum absolute atomic E-state index is 0.232. The highest BCUT2D eigenvalue weighted by atomic mass is 32.2. The molecular formula is C15H22O5S. The van der Waals surface area contributed by atoms with Crippen molar-refractivity contribution in [3.05, 3.63) is 29.8 Å². The van der Waals surface area contributed by atoms with Crippen LogP contribution in [0, 0.1) is 0 Å². The molecule has 5 nitrogen and oxygen atoms in total. The minimum atomic E-state index is -1.38. The fourth-order valence-corrected chi connectivity index (χ4v) is 2.29. The van der Waals surface area contributed by atoms with Gasteiger partial charge in [0.2, 0.25) is 0 Å². The van der Waals surface area contributed by atoms with Gasteiger partial charge >= 0.3 is 0 Å². The summed E-state index contributed by atoms with van der Waals surface area (Å²) in [7, 11) is 0. The van der Waals surface area contributed by atoms with Gasteiger partial charge in [-0.05, 0) is 38.1 Å². The van der Waals surface area contributed by atoms with E-state index in [4.69, 9.17) is 14.9 Å². The first-order valence-corrected chi connectivity index (χ1v) is 7.86. The lowest BCUT2D eigenvalue weighted by Gasteiger charge is -2.15. The number of Topliss-reactive ketones (excluding diaryl/α,β-unsaturated/α-hetero) is 1. The van der Waals surface area contributed by atoms with Crippen molar-refractivity contribution in [1.82, 2.24) is 0 Å². The largest absolute Gasteiger partial charge is 0.493 e. The van der Waals surface area contributed by atoms with E-state index >= 15 is 0 Å². The first-order chi connectivity index (χ1) is 9.84. The molecule has 0 radical (unpaired) electrons.